The number of ether oxygens (including phenoxy) is 1. The molecule has 1 amide bonds. The van der Waals surface area contributed by atoms with Crippen LogP contribution in [0.5, 0.6) is 0 Å². The zero-order valence-corrected chi connectivity index (χ0v) is 11.0. The highest BCUT2D eigenvalue weighted by atomic mass is 19.1. The molecule has 1 atom stereocenters. The van der Waals surface area contributed by atoms with Gasteiger partial charge in [0.05, 0.1) is 12.1 Å². The van der Waals surface area contributed by atoms with E-state index in [4.69, 9.17) is 4.74 Å². The van der Waals surface area contributed by atoms with E-state index < -0.39 is 24.3 Å². The predicted molar refractivity (Wildman–Crippen MR) is 72.5 cm³/mol. The van der Waals surface area contributed by atoms with Crippen molar-refractivity contribution in [2.45, 2.75) is 19.3 Å². The standard InChI is InChI=1S/C15H16FNO3/c16-12-7-3-4-8-13(12)17-14(18)10-20-15(19)9-11-5-1-2-6-11/h1,3-5,7-8,11H,2,6,9-10H2,(H,17,18)/t11-/m1/s1. The molecular formula is C15H16FNO3. The van der Waals surface area contributed by atoms with Crippen LogP contribution in [0.2, 0.25) is 0 Å². The Morgan fingerprint density at radius 1 is 1.35 bits per heavy atom. The second-order valence-electron chi connectivity index (χ2n) is 4.66. The van der Waals surface area contributed by atoms with Gasteiger partial charge in [-0.05, 0) is 30.9 Å². The van der Waals surface area contributed by atoms with Crippen molar-refractivity contribution >= 4 is 17.6 Å². The SMILES string of the molecule is O=C(COC(=O)C[C@@H]1C=CCC1)Nc1ccccc1F. The van der Waals surface area contributed by atoms with Crippen LogP contribution in [0.25, 0.3) is 0 Å². The van der Waals surface area contributed by atoms with E-state index in [0.29, 0.717) is 0 Å². The molecule has 1 N–H and O–H groups in total. The first-order chi connectivity index (χ1) is 9.65. The number of para-hydroxylation sites is 1. The minimum absolute atomic E-state index is 0.0762. The maximum atomic E-state index is 13.3. The quantitative estimate of drug-likeness (QED) is 0.665. The molecule has 1 aromatic carbocycles. The van der Waals surface area contributed by atoms with Gasteiger partial charge in [-0.2, -0.15) is 0 Å². The van der Waals surface area contributed by atoms with Crippen molar-refractivity contribution in [2.24, 2.45) is 5.92 Å². The Kier molecular flexibility index (Phi) is 4.87. The number of amides is 1. The van der Waals surface area contributed by atoms with Gasteiger partial charge in [0.1, 0.15) is 5.82 Å². The average Bonchev–Trinajstić information content (AvgIpc) is 2.92. The topological polar surface area (TPSA) is 55.4 Å². The zero-order chi connectivity index (χ0) is 14.4. The summed E-state index contributed by atoms with van der Waals surface area (Å²) >= 11 is 0. The summed E-state index contributed by atoms with van der Waals surface area (Å²) in [4.78, 5) is 23.1. The van der Waals surface area contributed by atoms with Gasteiger partial charge in [-0.15, -0.1) is 0 Å². The first-order valence-electron chi connectivity index (χ1n) is 6.52. The van der Waals surface area contributed by atoms with E-state index in [2.05, 4.69) is 5.32 Å². The molecule has 20 heavy (non-hydrogen) atoms. The van der Waals surface area contributed by atoms with Crippen LogP contribution in [0.15, 0.2) is 36.4 Å². The first kappa shape index (κ1) is 14.2. The van der Waals surface area contributed by atoms with E-state index in [9.17, 15) is 14.0 Å². The number of hydrogen-bond donors (Lipinski definition) is 1. The summed E-state index contributed by atoms with van der Waals surface area (Å²) in [6.07, 6.45) is 6.22. The third-order valence-electron chi connectivity index (χ3n) is 3.05. The molecule has 0 heterocycles. The van der Waals surface area contributed by atoms with Crippen LogP contribution in [-0.2, 0) is 14.3 Å². The number of nitrogens with one attached hydrogen (secondary N) is 1. The normalized spacial score (nSPS) is 16.9. The lowest BCUT2D eigenvalue weighted by molar-refractivity contribution is -0.147. The van der Waals surface area contributed by atoms with Crippen LogP contribution in [0.3, 0.4) is 0 Å². The van der Waals surface area contributed by atoms with Gasteiger partial charge in [0.25, 0.3) is 5.91 Å². The van der Waals surface area contributed by atoms with E-state index in [1.807, 2.05) is 12.2 Å². The van der Waals surface area contributed by atoms with Crippen LogP contribution >= 0.6 is 0 Å². The van der Waals surface area contributed by atoms with Crippen molar-refractivity contribution in [3.63, 3.8) is 0 Å². The van der Waals surface area contributed by atoms with Crippen molar-refractivity contribution in [2.75, 3.05) is 11.9 Å². The molecule has 1 aliphatic rings. The highest BCUT2D eigenvalue weighted by Crippen LogP contribution is 2.20. The molecule has 1 aromatic rings. The van der Waals surface area contributed by atoms with Gasteiger partial charge in [-0.3, -0.25) is 9.59 Å². The molecule has 0 saturated heterocycles. The molecular weight excluding hydrogens is 261 g/mol. The minimum Gasteiger partial charge on any atom is -0.456 e. The molecule has 4 nitrogen and oxygen atoms in total. The molecule has 0 fully saturated rings. The van der Waals surface area contributed by atoms with Gasteiger partial charge in [0.15, 0.2) is 6.61 Å². The Hall–Kier alpha value is -2.17. The fourth-order valence-electron chi connectivity index (χ4n) is 2.03. The fraction of sp³-hybridized carbons (Fsp3) is 0.333. The maximum Gasteiger partial charge on any atom is 0.306 e. The van der Waals surface area contributed by atoms with Crippen molar-refractivity contribution in [1.82, 2.24) is 0 Å². The monoisotopic (exact) mass is 277 g/mol. The van der Waals surface area contributed by atoms with Crippen molar-refractivity contribution < 1.29 is 18.7 Å². The summed E-state index contributed by atoms with van der Waals surface area (Å²) in [6, 6.07) is 5.82. The molecule has 0 spiro atoms. The second kappa shape index (κ2) is 6.84. The van der Waals surface area contributed by atoms with Crippen LogP contribution in [-0.4, -0.2) is 18.5 Å². The molecule has 0 saturated carbocycles. The highest BCUT2D eigenvalue weighted by molar-refractivity contribution is 5.92. The summed E-state index contributed by atoms with van der Waals surface area (Å²) in [6.45, 7) is -0.399. The summed E-state index contributed by atoms with van der Waals surface area (Å²) in [5, 5.41) is 2.35. The van der Waals surface area contributed by atoms with E-state index in [1.54, 1.807) is 6.07 Å². The number of carbonyl (C=O) groups excluding carboxylic acids is 2. The summed E-state index contributed by atoms with van der Waals surface area (Å²) in [5.74, 6) is -1.28. The second-order valence-corrected chi connectivity index (χ2v) is 4.66. The van der Waals surface area contributed by atoms with Gasteiger partial charge < -0.3 is 10.1 Å². The van der Waals surface area contributed by atoms with Crippen LogP contribution < -0.4 is 5.32 Å². The van der Waals surface area contributed by atoms with Gasteiger partial charge in [-0.25, -0.2) is 4.39 Å². The Labute approximate surface area is 116 Å². The molecule has 0 radical (unpaired) electrons. The number of anilines is 1. The van der Waals surface area contributed by atoms with E-state index in [-0.39, 0.29) is 18.0 Å². The van der Waals surface area contributed by atoms with E-state index in [0.717, 1.165) is 12.8 Å². The van der Waals surface area contributed by atoms with Gasteiger partial charge >= 0.3 is 5.97 Å². The number of allylic oxidation sites excluding steroid dienone is 2. The lowest BCUT2D eigenvalue weighted by Gasteiger charge is -2.09. The molecule has 0 bridgehead atoms. The molecule has 1 aliphatic carbocycles. The average molecular weight is 277 g/mol. The Balaban J connectivity index is 1.73. The summed E-state index contributed by atoms with van der Waals surface area (Å²) in [5.41, 5.74) is 0.0762. The molecule has 2 rings (SSSR count). The van der Waals surface area contributed by atoms with Gasteiger partial charge in [0, 0.05) is 0 Å². The third kappa shape index (κ3) is 4.19. The Morgan fingerprint density at radius 3 is 2.85 bits per heavy atom. The third-order valence-corrected chi connectivity index (χ3v) is 3.05. The Bertz CT molecular complexity index is 528. The minimum atomic E-state index is -0.551. The molecule has 0 aliphatic heterocycles. The zero-order valence-electron chi connectivity index (χ0n) is 11.0. The van der Waals surface area contributed by atoms with E-state index in [1.165, 1.54) is 18.2 Å². The number of carbonyl (C=O) groups is 2. The number of hydrogen-bond acceptors (Lipinski definition) is 3. The van der Waals surface area contributed by atoms with E-state index >= 15 is 0 Å². The number of esters is 1. The van der Waals surface area contributed by atoms with Gasteiger partial charge in [-0.1, -0.05) is 24.3 Å². The molecule has 106 valence electrons. The number of rotatable bonds is 5. The lowest BCUT2D eigenvalue weighted by Crippen LogP contribution is -2.22. The molecule has 0 aromatic heterocycles. The largest absolute Gasteiger partial charge is 0.456 e. The van der Waals surface area contributed by atoms with Crippen molar-refractivity contribution in [3.05, 3.63) is 42.2 Å². The maximum absolute atomic E-state index is 13.3. The van der Waals surface area contributed by atoms with Crippen molar-refractivity contribution in [1.29, 1.82) is 0 Å². The first-order valence-corrected chi connectivity index (χ1v) is 6.52. The Morgan fingerprint density at radius 2 is 2.15 bits per heavy atom. The van der Waals surface area contributed by atoms with Crippen LogP contribution in [0.4, 0.5) is 10.1 Å². The van der Waals surface area contributed by atoms with Crippen LogP contribution in [0.1, 0.15) is 19.3 Å². The fourth-order valence-corrected chi connectivity index (χ4v) is 2.03. The van der Waals surface area contributed by atoms with Crippen LogP contribution in [0, 0.1) is 11.7 Å². The number of benzene rings is 1. The summed E-state index contributed by atoms with van der Waals surface area (Å²) in [7, 11) is 0. The molecule has 0 unspecified atom stereocenters. The van der Waals surface area contributed by atoms with Crippen molar-refractivity contribution in [3.8, 4) is 0 Å². The lowest BCUT2D eigenvalue weighted by atomic mass is 10.1. The van der Waals surface area contributed by atoms with Gasteiger partial charge in [0.2, 0.25) is 0 Å². The summed E-state index contributed by atoms with van der Waals surface area (Å²) < 4.78 is 18.2. The number of halogens is 1. The smallest absolute Gasteiger partial charge is 0.306 e. The highest BCUT2D eigenvalue weighted by Gasteiger charge is 2.16. The molecule has 5 heteroatoms. The predicted octanol–water partition coefficient (Wildman–Crippen LogP) is 2.66.